The molecule has 7 nitrogen and oxygen atoms in total. The van der Waals surface area contributed by atoms with Crippen molar-refractivity contribution >= 4 is 32.0 Å². The Bertz CT molecular complexity index is 915. The number of amides is 1. The number of hydrogen-bond acceptors (Lipinski definition) is 6. The van der Waals surface area contributed by atoms with Gasteiger partial charge in [0.25, 0.3) is 5.91 Å². The lowest BCUT2D eigenvalue weighted by Gasteiger charge is -2.23. The number of rotatable bonds is 9. The molecule has 0 saturated heterocycles. The fraction of sp³-hybridized carbons (Fsp3) is 0.316. The molecule has 0 heterocycles. The van der Waals surface area contributed by atoms with Crippen molar-refractivity contribution in [3.8, 4) is 11.5 Å². The second-order valence-corrected chi connectivity index (χ2v) is 8.49. The number of methoxy groups -OCH3 is 2. The van der Waals surface area contributed by atoms with Gasteiger partial charge in [-0.05, 0) is 42.0 Å². The molecule has 2 aromatic rings. The average Bonchev–Trinajstić information content (AvgIpc) is 2.64. The number of nitrogens with zero attached hydrogens (tertiary/aromatic N) is 1. The normalized spacial score (nSPS) is 11.1. The van der Waals surface area contributed by atoms with E-state index in [4.69, 9.17) is 13.7 Å². The quantitative estimate of drug-likeness (QED) is 0.522. The Hall–Kier alpha value is -2.10. The summed E-state index contributed by atoms with van der Waals surface area (Å²) in [5, 5.41) is 0. The summed E-state index contributed by atoms with van der Waals surface area (Å²) in [6.07, 6.45) is 0.959. The number of carbonyl (C=O) groups is 1. The Morgan fingerprint density at radius 1 is 1.07 bits per heavy atom. The van der Waals surface area contributed by atoms with Crippen LogP contribution in [-0.2, 0) is 21.4 Å². The third-order valence-corrected chi connectivity index (χ3v) is 4.80. The minimum atomic E-state index is -3.72. The molecular weight excluding hydrogens is 450 g/mol. The van der Waals surface area contributed by atoms with E-state index >= 15 is 0 Å². The lowest BCUT2D eigenvalue weighted by Crippen LogP contribution is -2.33. The number of hydrogen-bond donors (Lipinski definition) is 0. The van der Waals surface area contributed by atoms with E-state index < -0.39 is 10.1 Å². The average molecular weight is 472 g/mol. The monoisotopic (exact) mass is 471 g/mol. The van der Waals surface area contributed by atoms with Crippen molar-refractivity contribution in [1.29, 1.82) is 0 Å². The second-order valence-electron chi connectivity index (χ2n) is 6.00. The van der Waals surface area contributed by atoms with Gasteiger partial charge in [0, 0.05) is 30.2 Å². The second kappa shape index (κ2) is 9.90. The lowest BCUT2D eigenvalue weighted by atomic mass is 10.1. The number of halogens is 1. The van der Waals surface area contributed by atoms with E-state index in [0.717, 1.165) is 10.7 Å². The van der Waals surface area contributed by atoms with Crippen LogP contribution in [0.1, 0.15) is 15.9 Å². The Morgan fingerprint density at radius 2 is 1.75 bits per heavy atom. The van der Waals surface area contributed by atoms with E-state index in [9.17, 15) is 13.2 Å². The smallest absolute Gasteiger partial charge is 0.306 e. The van der Waals surface area contributed by atoms with Crippen LogP contribution in [0.4, 0.5) is 0 Å². The molecule has 152 valence electrons. The highest BCUT2D eigenvalue weighted by molar-refractivity contribution is 9.10. The van der Waals surface area contributed by atoms with Gasteiger partial charge < -0.3 is 18.6 Å². The van der Waals surface area contributed by atoms with Crippen LogP contribution in [0.2, 0.25) is 0 Å². The summed E-state index contributed by atoms with van der Waals surface area (Å²) >= 11 is 3.35. The van der Waals surface area contributed by atoms with Crippen LogP contribution in [0.25, 0.3) is 0 Å². The van der Waals surface area contributed by atoms with E-state index in [2.05, 4.69) is 15.9 Å². The molecule has 0 aromatic heterocycles. The zero-order valence-corrected chi connectivity index (χ0v) is 18.2. The first-order valence-electron chi connectivity index (χ1n) is 8.33. The topological polar surface area (TPSA) is 82.1 Å². The lowest BCUT2D eigenvalue weighted by molar-refractivity contribution is 0.0680. The van der Waals surface area contributed by atoms with Crippen LogP contribution < -0.4 is 8.92 Å². The molecular formula is C19H22BrNO6S. The first kappa shape index (κ1) is 22.2. The van der Waals surface area contributed by atoms with Gasteiger partial charge >= 0.3 is 10.1 Å². The minimum Gasteiger partial charge on any atom is -0.493 e. The molecule has 0 atom stereocenters. The van der Waals surface area contributed by atoms with Gasteiger partial charge in [-0.15, -0.1) is 0 Å². The summed E-state index contributed by atoms with van der Waals surface area (Å²) in [6.45, 7) is 0.993. The highest BCUT2D eigenvalue weighted by Gasteiger charge is 2.18. The van der Waals surface area contributed by atoms with Gasteiger partial charge in [-0.2, -0.15) is 8.42 Å². The van der Waals surface area contributed by atoms with Gasteiger partial charge in [0.2, 0.25) is 0 Å². The summed E-state index contributed by atoms with van der Waals surface area (Å²) in [4.78, 5) is 14.5. The van der Waals surface area contributed by atoms with Gasteiger partial charge in [0.15, 0.2) is 11.5 Å². The standard InChI is InChI=1S/C19H22BrNO6S/c1-25-11-10-21(19(22)15-5-7-16(20)8-6-15)13-14-4-9-17(26-2)18(12-14)27-28(3,23)24/h4-9,12H,10-11,13H2,1-3H3. The Labute approximate surface area is 173 Å². The van der Waals surface area contributed by atoms with E-state index in [0.29, 0.717) is 24.3 Å². The van der Waals surface area contributed by atoms with Crippen molar-refractivity contribution in [2.75, 3.05) is 33.6 Å². The molecule has 0 unspecified atom stereocenters. The van der Waals surface area contributed by atoms with Crippen LogP contribution >= 0.6 is 15.9 Å². The highest BCUT2D eigenvalue weighted by atomic mass is 79.9. The van der Waals surface area contributed by atoms with Gasteiger partial charge in [0.1, 0.15) is 0 Å². The van der Waals surface area contributed by atoms with Crippen LogP contribution in [-0.4, -0.2) is 52.9 Å². The van der Waals surface area contributed by atoms with Gasteiger partial charge in [-0.25, -0.2) is 0 Å². The number of carbonyl (C=O) groups excluding carboxylic acids is 1. The molecule has 28 heavy (non-hydrogen) atoms. The molecule has 1 amide bonds. The first-order valence-corrected chi connectivity index (χ1v) is 10.9. The van der Waals surface area contributed by atoms with Crippen molar-refractivity contribution in [2.24, 2.45) is 0 Å². The summed E-state index contributed by atoms with van der Waals surface area (Å²) in [5.41, 5.74) is 1.24. The van der Waals surface area contributed by atoms with Crippen LogP contribution in [0.3, 0.4) is 0 Å². The zero-order chi connectivity index (χ0) is 20.7. The van der Waals surface area contributed by atoms with Crippen LogP contribution in [0.15, 0.2) is 46.9 Å². The Morgan fingerprint density at radius 3 is 2.32 bits per heavy atom. The fourth-order valence-corrected chi connectivity index (χ4v) is 3.22. The van der Waals surface area contributed by atoms with Gasteiger partial charge in [-0.3, -0.25) is 4.79 Å². The maximum atomic E-state index is 12.9. The molecule has 0 aliphatic heterocycles. The van der Waals surface area contributed by atoms with Crippen LogP contribution in [0.5, 0.6) is 11.5 Å². The Kier molecular flexibility index (Phi) is 7.85. The number of benzene rings is 2. The predicted molar refractivity (Wildman–Crippen MR) is 109 cm³/mol. The summed E-state index contributed by atoms with van der Waals surface area (Å²) in [6, 6.07) is 12.0. The molecule has 0 bridgehead atoms. The maximum absolute atomic E-state index is 12.9. The van der Waals surface area contributed by atoms with Crippen LogP contribution in [0, 0.1) is 0 Å². The molecule has 0 saturated carbocycles. The summed E-state index contributed by atoms with van der Waals surface area (Å²) in [5.74, 6) is 0.202. The molecule has 0 fully saturated rings. The molecule has 2 rings (SSSR count). The maximum Gasteiger partial charge on any atom is 0.306 e. The molecule has 2 aromatic carbocycles. The first-order chi connectivity index (χ1) is 13.2. The minimum absolute atomic E-state index is 0.0743. The van der Waals surface area contributed by atoms with E-state index in [1.165, 1.54) is 7.11 Å². The van der Waals surface area contributed by atoms with Crippen molar-refractivity contribution in [2.45, 2.75) is 6.54 Å². The predicted octanol–water partition coefficient (Wildman–Crippen LogP) is 3.08. The Balaban J connectivity index is 2.29. The highest BCUT2D eigenvalue weighted by Crippen LogP contribution is 2.29. The van der Waals surface area contributed by atoms with Crippen molar-refractivity contribution < 1.29 is 26.9 Å². The van der Waals surface area contributed by atoms with Gasteiger partial charge in [-0.1, -0.05) is 22.0 Å². The molecule has 0 aliphatic carbocycles. The van der Waals surface area contributed by atoms with Crippen molar-refractivity contribution in [3.05, 3.63) is 58.1 Å². The molecule has 9 heteroatoms. The van der Waals surface area contributed by atoms with E-state index in [1.807, 2.05) is 0 Å². The molecule has 0 aliphatic rings. The molecule has 0 N–H and O–H groups in total. The van der Waals surface area contributed by atoms with Crippen molar-refractivity contribution in [3.63, 3.8) is 0 Å². The van der Waals surface area contributed by atoms with E-state index in [-0.39, 0.29) is 24.0 Å². The zero-order valence-electron chi connectivity index (χ0n) is 15.8. The van der Waals surface area contributed by atoms with E-state index in [1.54, 1.807) is 54.5 Å². The van der Waals surface area contributed by atoms with Crippen molar-refractivity contribution in [1.82, 2.24) is 4.90 Å². The fourth-order valence-electron chi connectivity index (χ4n) is 2.50. The third kappa shape index (κ3) is 6.50. The molecule has 0 radical (unpaired) electrons. The SMILES string of the molecule is COCCN(Cc1ccc(OC)c(OS(C)(=O)=O)c1)C(=O)c1ccc(Br)cc1. The largest absolute Gasteiger partial charge is 0.493 e. The third-order valence-electron chi connectivity index (χ3n) is 3.79. The number of ether oxygens (including phenoxy) is 2. The summed E-state index contributed by atoms with van der Waals surface area (Å²) < 4.78 is 39.1. The molecule has 0 spiro atoms. The van der Waals surface area contributed by atoms with Gasteiger partial charge in [0.05, 0.1) is 20.0 Å². The summed E-state index contributed by atoms with van der Waals surface area (Å²) in [7, 11) is -0.732.